The Labute approximate surface area is 152 Å². The number of rotatable bonds is 4. The predicted molar refractivity (Wildman–Crippen MR) is 98.2 cm³/mol. The Morgan fingerprint density at radius 2 is 1.83 bits per heavy atom. The molecule has 0 saturated carbocycles. The molecule has 0 unspecified atom stereocenters. The fraction of sp³-hybridized carbons (Fsp3) is 0.0588. The minimum atomic E-state index is -0.327. The highest BCUT2D eigenvalue weighted by atomic mass is 127. The van der Waals surface area contributed by atoms with Crippen molar-refractivity contribution in [3.05, 3.63) is 69.7 Å². The zero-order chi connectivity index (χ0) is 16.9. The maximum absolute atomic E-state index is 12.1. The lowest BCUT2D eigenvalue weighted by molar-refractivity contribution is 0.102. The Morgan fingerprint density at radius 3 is 2.50 bits per heavy atom. The summed E-state index contributed by atoms with van der Waals surface area (Å²) in [5, 5.41) is 10.6. The molecule has 0 spiro atoms. The molecular formula is C17H13IN4O2. The predicted octanol–water partition coefficient (Wildman–Crippen LogP) is 3.83. The molecule has 2 heterocycles. The van der Waals surface area contributed by atoms with Gasteiger partial charge < -0.3 is 10.1 Å². The summed E-state index contributed by atoms with van der Waals surface area (Å²) in [6, 6.07) is 16.0. The third kappa shape index (κ3) is 4.05. The highest BCUT2D eigenvalue weighted by Gasteiger charge is 2.10. The van der Waals surface area contributed by atoms with Gasteiger partial charge in [0, 0.05) is 17.4 Å². The van der Waals surface area contributed by atoms with Crippen molar-refractivity contribution in [3.8, 4) is 11.6 Å². The second-order valence-electron chi connectivity index (χ2n) is 4.92. The third-order valence-corrected chi connectivity index (χ3v) is 3.85. The Kier molecular flexibility index (Phi) is 4.99. The van der Waals surface area contributed by atoms with Gasteiger partial charge in [0.15, 0.2) is 11.4 Å². The van der Waals surface area contributed by atoms with Gasteiger partial charge in [-0.25, -0.2) is 4.98 Å². The molecule has 3 rings (SSSR count). The van der Waals surface area contributed by atoms with Gasteiger partial charge in [-0.2, -0.15) is 0 Å². The number of carbonyl (C=O) groups excluding carboxylic acids is 1. The summed E-state index contributed by atoms with van der Waals surface area (Å²) in [6.07, 6.45) is 0. The number of aryl methyl sites for hydroxylation is 1. The van der Waals surface area contributed by atoms with E-state index in [1.54, 1.807) is 24.3 Å². The molecule has 1 N–H and O–H groups in total. The molecule has 0 aliphatic rings. The van der Waals surface area contributed by atoms with Gasteiger partial charge in [-0.15, -0.1) is 10.2 Å². The topological polar surface area (TPSA) is 77.0 Å². The van der Waals surface area contributed by atoms with Crippen LogP contribution in [0.15, 0.2) is 54.6 Å². The van der Waals surface area contributed by atoms with Crippen molar-refractivity contribution in [3.63, 3.8) is 0 Å². The lowest BCUT2D eigenvalue weighted by Crippen LogP contribution is -2.14. The van der Waals surface area contributed by atoms with E-state index >= 15 is 0 Å². The van der Waals surface area contributed by atoms with Crippen LogP contribution in [0, 0.1) is 10.6 Å². The van der Waals surface area contributed by atoms with E-state index in [0.717, 1.165) is 9.39 Å². The minimum Gasteiger partial charge on any atom is -0.435 e. The molecule has 0 atom stereocenters. The van der Waals surface area contributed by atoms with E-state index in [4.69, 9.17) is 4.74 Å². The number of nitrogens with one attached hydrogen (secondary N) is 1. The van der Waals surface area contributed by atoms with Crippen LogP contribution >= 0.6 is 22.6 Å². The lowest BCUT2D eigenvalue weighted by atomic mass is 10.3. The number of carbonyl (C=O) groups is 1. The van der Waals surface area contributed by atoms with Gasteiger partial charge in [-0.1, -0.05) is 18.2 Å². The van der Waals surface area contributed by atoms with Crippen LogP contribution < -0.4 is 10.1 Å². The quantitative estimate of drug-likeness (QED) is 0.501. The zero-order valence-electron chi connectivity index (χ0n) is 12.7. The molecule has 1 amide bonds. The van der Waals surface area contributed by atoms with Crippen LogP contribution in [0.5, 0.6) is 11.6 Å². The first-order valence-corrected chi connectivity index (χ1v) is 8.21. The number of hydrogen-bond acceptors (Lipinski definition) is 5. The van der Waals surface area contributed by atoms with Gasteiger partial charge in [0.2, 0.25) is 5.88 Å². The van der Waals surface area contributed by atoms with Crippen molar-refractivity contribution < 1.29 is 9.53 Å². The average molecular weight is 432 g/mol. The molecule has 3 aromatic rings. The van der Waals surface area contributed by atoms with Gasteiger partial charge >= 0.3 is 0 Å². The highest BCUT2D eigenvalue weighted by molar-refractivity contribution is 14.1. The van der Waals surface area contributed by atoms with E-state index in [0.29, 0.717) is 17.3 Å². The minimum absolute atomic E-state index is 0.211. The summed E-state index contributed by atoms with van der Waals surface area (Å²) in [4.78, 5) is 16.4. The zero-order valence-corrected chi connectivity index (χ0v) is 14.9. The molecule has 0 saturated heterocycles. The standard InChI is InChI=1S/C17H13IN4O2/c1-11-7-9-14(16(18)19-11)24-15-10-8-13(21-22-15)17(23)20-12-5-3-2-4-6-12/h2-10H,1H3,(H,20,23). The SMILES string of the molecule is Cc1ccc(Oc2ccc(C(=O)Nc3ccccc3)nn2)c(I)n1. The fourth-order valence-corrected chi connectivity index (χ4v) is 2.58. The number of anilines is 1. The number of ether oxygens (including phenoxy) is 1. The van der Waals surface area contributed by atoms with Crippen molar-refractivity contribution in [1.29, 1.82) is 0 Å². The molecule has 0 aliphatic heterocycles. The van der Waals surface area contributed by atoms with Crippen LogP contribution in [0.3, 0.4) is 0 Å². The summed E-state index contributed by atoms with van der Waals surface area (Å²) < 4.78 is 6.38. The Bertz CT molecular complexity index is 854. The Morgan fingerprint density at radius 1 is 1.04 bits per heavy atom. The summed E-state index contributed by atoms with van der Waals surface area (Å²) >= 11 is 2.09. The molecule has 0 radical (unpaired) electrons. The molecule has 120 valence electrons. The van der Waals surface area contributed by atoms with Gasteiger partial charge in [-0.05, 0) is 59.8 Å². The van der Waals surface area contributed by atoms with Crippen LogP contribution in [-0.2, 0) is 0 Å². The molecule has 24 heavy (non-hydrogen) atoms. The van der Waals surface area contributed by atoms with Crippen molar-refractivity contribution in [2.75, 3.05) is 5.32 Å². The van der Waals surface area contributed by atoms with Gasteiger partial charge in [-0.3, -0.25) is 4.79 Å². The van der Waals surface area contributed by atoms with Crippen LogP contribution in [0.25, 0.3) is 0 Å². The van der Waals surface area contributed by atoms with Gasteiger partial charge in [0.25, 0.3) is 5.91 Å². The van der Waals surface area contributed by atoms with Crippen LogP contribution in [0.1, 0.15) is 16.2 Å². The molecule has 2 aromatic heterocycles. The summed E-state index contributed by atoms with van der Waals surface area (Å²) in [5.41, 5.74) is 1.82. The smallest absolute Gasteiger partial charge is 0.276 e. The van der Waals surface area contributed by atoms with Gasteiger partial charge in [0.1, 0.15) is 3.70 Å². The summed E-state index contributed by atoms with van der Waals surface area (Å²) in [7, 11) is 0. The number of benzene rings is 1. The van der Waals surface area contributed by atoms with Crippen molar-refractivity contribution >= 4 is 34.2 Å². The normalized spacial score (nSPS) is 10.2. The van der Waals surface area contributed by atoms with E-state index in [-0.39, 0.29) is 11.6 Å². The van der Waals surface area contributed by atoms with E-state index in [9.17, 15) is 4.79 Å². The van der Waals surface area contributed by atoms with Crippen molar-refractivity contribution in [2.45, 2.75) is 6.92 Å². The van der Waals surface area contributed by atoms with Crippen LogP contribution in [0.4, 0.5) is 5.69 Å². The van der Waals surface area contributed by atoms with Crippen molar-refractivity contribution in [2.24, 2.45) is 0 Å². The molecule has 7 heteroatoms. The first kappa shape index (κ1) is 16.3. The number of pyridine rings is 1. The first-order chi connectivity index (χ1) is 11.6. The fourth-order valence-electron chi connectivity index (χ4n) is 1.91. The maximum atomic E-state index is 12.1. The molecule has 6 nitrogen and oxygen atoms in total. The molecule has 0 fully saturated rings. The molecule has 0 bridgehead atoms. The number of para-hydroxylation sites is 1. The number of aromatic nitrogens is 3. The molecular weight excluding hydrogens is 419 g/mol. The largest absolute Gasteiger partial charge is 0.435 e. The first-order valence-electron chi connectivity index (χ1n) is 7.13. The highest BCUT2D eigenvalue weighted by Crippen LogP contribution is 2.24. The van der Waals surface area contributed by atoms with Crippen molar-refractivity contribution in [1.82, 2.24) is 15.2 Å². The number of halogens is 1. The molecule has 0 aliphatic carbocycles. The average Bonchev–Trinajstić information content (AvgIpc) is 2.59. The monoisotopic (exact) mass is 432 g/mol. The van der Waals surface area contributed by atoms with E-state index in [1.807, 2.05) is 37.3 Å². The van der Waals surface area contributed by atoms with Gasteiger partial charge in [0.05, 0.1) is 0 Å². The van der Waals surface area contributed by atoms with Crippen LogP contribution in [0.2, 0.25) is 0 Å². The maximum Gasteiger partial charge on any atom is 0.276 e. The summed E-state index contributed by atoms with van der Waals surface area (Å²) in [5.74, 6) is 0.568. The number of amides is 1. The lowest BCUT2D eigenvalue weighted by Gasteiger charge is -2.07. The number of nitrogens with zero attached hydrogens (tertiary/aromatic N) is 3. The third-order valence-electron chi connectivity index (χ3n) is 3.07. The Hall–Kier alpha value is -2.55. The van der Waals surface area contributed by atoms with E-state index in [1.165, 1.54) is 0 Å². The Balaban J connectivity index is 1.70. The second-order valence-corrected chi connectivity index (χ2v) is 5.94. The number of hydrogen-bond donors (Lipinski definition) is 1. The molecule has 1 aromatic carbocycles. The van der Waals surface area contributed by atoms with Crippen LogP contribution in [-0.4, -0.2) is 21.1 Å². The summed E-state index contributed by atoms with van der Waals surface area (Å²) in [6.45, 7) is 1.91. The van der Waals surface area contributed by atoms with E-state index < -0.39 is 0 Å². The van der Waals surface area contributed by atoms with E-state index in [2.05, 4.69) is 43.1 Å². The second kappa shape index (κ2) is 7.35.